The van der Waals surface area contributed by atoms with Gasteiger partial charge in [-0.15, -0.1) is 0 Å². The van der Waals surface area contributed by atoms with E-state index in [0.717, 1.165) is 103 Å². The van der Waals surface area contributed by atoms with Crippen LogP contribution in [0.15, 0.2) is 97.2 Å². The van der Waals surface area contributed by atoms with E-state index in [9.17, 15) is 28.9 Å². The van der Waals surface area contributed by atoms with Crippen molar-refractivity contribution in [2.75, 3.05) is 26.4 Å². The Bertz CT molecular complexity index is 1640. The molecule has 0 saturated carbocycles. The SMILES string of the molecule is CC/C=C\C/C=C\C/C=C\C/C=C\C/C=C\CCCC(=O)OC(CO)COP(=O)(O)OCC(COC(=O)CCCCCCC/C=C\CCCCCC)OC(=O)CCCCCCCCCCC/C=C\C/C=C\CCCCC. The van der Waals surface area contributed by atoms with E-state index < -0.39 is 57.8 Å². The van der Waals surface area contributed by atoms with E-state index in [1.807, 2.05) is 12.2 Å². The van der Waals surface area contributed by atoms with Crippen molar-refractivity contribution in [1.29, 1.82) is 0 Å². The molecule has 0 saturated heterocycles. The predicted octanol–water partition coefficient (Wildman–Crippen LogP) is 18.0. The summed E-state index contributed by atoms with van der Waals surface area (Å²) >= 11 is 0. The molecular weight excluding hydrogens is 976 g/mol. The van der Waals surface area contributed by atoms with E-state index in [2.05, 4.69) is 106 Å². The van der Waals surface area contributed by atoms with Gasteiger partial charge in [0.1, 0.15) is 12.7 Å². The molecular formula is C64H109O11P. The number of hydrogen-bond donors (Lipinski definition) is 2. The molecule has 0 aromatic carbocycles. The second-order valence-corrected chi connectivity index (χ2v) is 21.2. The van der Waals surface area contributed by atoms with Gasteiger partial charge < -0.3 is 24.2 Å². The maximum absolute atomic E-state index is 12.9. The first-order valence-corrected chi connectivity index (χ1v) is 31.6. The van der Waals surface area contributed by atoms with E-state index in [1.165, 1.54) is 83.5 Å². The van der Waals surface area contributed by atoms with Crippen molar-refractivity contribution in [3.63, 3.8) is 0 Å². The van der Waals surface area contributed by atoms with Gasteiger partial charge in [0, 0.05) is 19.3 Å². The highest BCUT2D eigenvalue weighted by molar-refractivity contribution is 7.47. The highest BCUT2D eigenvalue weighted by atomic mass is 31.2. The van der Waals surface area contributed by atoms with Crippen LogP contribution in [0.2, 0.25) is 0 Å². The zero-order valence-electron chi connectivity index (χ0n) is 48.2. The molecule has 0 radical (unpaired) electrons. The Morgan fingerprint density at radius 2 is 0.697 bits per heavy atom. The predicted molar refractivity (Wildman–Crippen MR) is 316 cm³/mol. The molecule has 2 N–H and O–H groups in total. The number of phosphoric ester groups is 1. The summed E-state index contributed by atoms with van der Waals surface area (Å²) in [6.45, 7) is 4.42. The summed E-state index contributed by atoms with van der Waals surface area (Å²) in [6, 6.07) is 0. The lowest BCUT2D eigenvalue weighted by atomic mass is 10.1. The minimum atomic E-state index is -4.77. The molecule has 0 rings (SSSR count). The van der Waals surface area contributed by atoms with Crippen LogP contribution in [-0.4, -0.2) is 66.5 Å². The Kier molecular flexibility index (Phi) is 54.8. The Hall–Kier alpha value is -3.60. The Labute approximate surface area is 463 Å². The molecule has 0 amide bonds. The zero-order chi connectivity index (χ0) is 55.5. The Morgan fingerprint density at radius 3 is 1.14 bits per heavy atom. The molecule has 3 atom stereocenters. The number of hydrogen-bond acceptors (Lipinski definition) is 10. The molecule has 12 heteroatoms. The average molecular weight is 1090 g/mol. The summed E-state index contributed by atoms with van der Waals surface area (Å²) < 4.78 is 39.5. The maximum Gasteiger partial charge on any atom is 0.472 e. The highest BCUT2D eigenvalue weighted by Crippen LogP contribution is 2.43. The largest absolute Gasteiger partial charge is 0.472 e. The van der Waals surface area contributed by atoms with Gasteiger partial charge in [0.2, 0.25) is 0 Å². The molecule has 0 aliphatic heterocycles. The topological polar surface area (TPSA) is 155 Å². The number of phosphoric acid groups is 1. The molecule has 0 aromatic heterocycles. The minimum absolute atomic E-state index is 0.0948. The van der Waals surface area contributed by atoms with Crippen LogP contribution in [0.5, 0.6) is 0 Å². The van der Waals surface area contributed by atoms with Crippen molar-refractivity contribution in [3.8, 4) is 0 Å². The summed E-state index contributed by atoms with van der Waals surface area (Å²) in [5, 5.41) is 9.82. The Balaban J connectivity index is 4.77. The molecule has 0 fully saturated rings. The van der Waals surface area contributed by atoms with Crippen molar-refractivity contribution in [2.45, 2.75) is 264 Å². The number of aliphatic hydroxyl groups excluding tert-OH is 1. The molecule has 11 nitrogen and oxygen atoms in total. The molecule has 0 aliphatic carbocycles. The first-order chi connectivity index (χ1) is 37.2. The van der Waals surface area contributed by atoms with Crippen molar-refractivity contribution >= 4 is 25.7 Å². The standard InChI is InChI=1S/C64H109O11P/c1-4-7-10-13-16-19-22-25-27-29-30-32-34-37-40-43-46-49-52-55-64(68)75-61(57-71-62(66)53-50-47-44-41-38-35-24-21-18-15-12-9-6-3)59-73-76(69,70)72-58-60(56-65)74-63(67)54-51-48-45-42-39-36-33-31-28-26-23-20-17-14-11-8-5-2/h8,11,16-17,19-21,24-28,33,36,42,45,60-61,65H,4-7,9-10,12-15,18,22-23,29-32,34-35,37-41,43-44,46-59H2,1-3H3,(H,69,70)/b11-8-,19-16-,20-17-,24-21-,27-25-,28-26-,36-33-,45-42-. The monoisotopic (exact) mass is 1080 g/mol. The highest BCUT2D eigenvalue weighted by Gasteiger charge is 2.28. The molecule has 436 valence electrons. The molecule has 0 aromatic rings. The second kappa shape index (κ2) is 57.6. The quantitative estimate of drug-likeness (QED) is 0.0197. The first-order valence-electron chi connectivity index (χ1n) is 30.1. The van der Waals surface area contributed by atoms with Crippen molar-refractivity contribution < 1.29 is 52.2 Å². The normalized spacial score (nSPS) is 14.0. The number of esters is 3. The summed E-state index contributed by atoms with van der Waals surface area (Å²) in [7, 11) is -4.77. The second-order valence-electron chi connectivity index (χ2n) is 19.8. The van der Waals surface area contributed by atoms with Crippen LogP contribution in [0.1, 0.15) is 252 Å². The fourth-order valence-corrected chi connectivity index (χ4v) is 8.67. The summed E-state index contributed by atoms with van der Waals surface area (Å²) in [5.74, 6) is -1.54. The third-order valence-electron chi connectivity index (χ3n) is 12.5. The molecule has 0 bridgehead atoms. The number of unbranched alkanes of at least 4 members (excludes halogenated alkanes) is 22. The average Bonchev–Trinajstić information content (AvgIpc) is 3.41. The smallest absolute Gasteiger partial charge is 0.462 e. The van der Waals surface area contributed by atoms with Gasteiger partial charge in [0.05, 0.1) is 19.8 Å². The van der Waals surface area contributed by atoms with Crippen molar-refractivity contribution in [2.24, 2.45) is 0 Å². The summed E-state index contributed by atoms with van der Waals surface area (Å²) in [4.78, 5) is 48.6. The fraction of sp³-hybridized carbons (Fsp3) is 0.703. The van der Waals surface area contributed by atoms with Crippen LogP contribution >= 0.6 is 7.82 Å². The molecule has 0 heterocycles. The third-order valence-corrected chi connectivity index (χ3v) is 13.4. The lowest BCUT2D eigenvalue weighted by Gasteiger charge is -2.21. The molecule has 76 heavy (non-hydrogen) atoms. The van der Waals surface area contributed by atoms with Gasteiger partial charge in [0.25, 0.3) is 0 Å². The van der Waals surface area contributed by atoms with Gasteiger partial charge in [-0.05, 0) is 116 Å². The van der Waals surface area contributed by atoms with Crippen molar-refractivity contribution in [1.82, 2.24) is 0 Å². The van der Waals surface area contributed by atoms with Crippen LogP contribution < -0.4 is 0 Å². The van der Waals surface area contributed by atoms with Gasteiger partial charge in [-0.2, -0.15) is 0 Å². The van der Waals surface area contributed by atoms with Crippen LogP contribution in [0.3, 0.4) is 0 Å². The van der Waals surface area contributed by atoms with E-state index >= 15 is 0 Å². The van der Waals surface area contributed by atoms with E-state index in [0.29, 0.717) is 25.7 Å². The number of carbonyl (C=O) groups excluding carboxylic acids is 3. The molecule has 3 unspecified atom stereocenters. The number of allylic oxidation sites excluding steroid dienone is 16. The maximum atomic E-state index is 12.9. The van der Waals surface area contributed by atoms with Gasteiger partial charge in [-0.1, -0.05) is 214 Å². The van der Waals surface area contributed by atoms with Crippen LogP contribution in [0, 0.1) is 0 Å². The van der Waals surface area contributed by atoms with Gasteiger partial charge in [-0.3, -0.25) is 23.4 Å². The van der Waals surface area contributed by atoms with Crippen LogP contribution in [0.25, 0.3) is 0 Å². The van der Waals surface area contributed by atoms with E-state index in [1.54, 1.807) is 0 Å². The van der Waals surface area contributed by atoms with Gasteiger partial charge in [0.15, 0.2) is 6.10 Å². The van der Waals surface area contributed by atoms with Gasteiger partial charge >= 0.3 is 25.7 Å². The lowest BCUT2D eigenvalue weighted by molar-refractivity contribution is -0.161. The van der Waals surface area contributed by atoms with Crippen LogP contribution in [0.4, 0.5) is 0 Å². The van der Waals surface area contributed by atoms with Gasteiger partial charge in [-0.25, -0.2) is 4.57 Å². The lowest BCUT2D eigenvalue weighted by Crippen LogP contribution is -2.30. The minimum Gasteiger partial charge on any atom is -0.462 e. The fourth-order valence-electron chi connectivity index (χ4n) is 7.89. The zero-order valence-corrected chi connectivity index (χ0v) is 49.1. The van der Waals surface area contributed by atoms with Crippen molar-refractivity contribution in [3.05, 3.63) is 97.2 Å². The summed E-state index contributed by atoms with van der Waals surface area (Å²) in [6.07, 6.45) is 67.9. The number of rotatable bonds is 55. The first kappa shape index (κ1) is 72.4. The third kappa shape index (κ3) is 55.2. The van der Waals surface area contributed by atoms with E-state index in [4.69, 9.17) is 23.3 Å². The summed E-state index contributed by atoms with van der Waals surface area (Å²) in [5.41, 5.74) is 0. The van der Waals surface area contributed by atoms with Crippen LogP contribution in [-0.2, 0) is 42.2 Å². The Morgan fingerprint density at radius 1 is 0.382 bits per heavy atom. The molecule has 0 aliphatic rings. The molecule has 0 spiro atoms. The number of carbonyl (C=O) groups is 3. The number of aliphatic hydroxyl groups is 1. The van der Waals surface area contributed by atoms with E-state index in [-0.39, 0.29) is 25.9 Å². The number of ether oxygens (including phenoxy) is 3.